The predicted molar refractivity (Wildman–Crippen MR) is 117 cm³/mol. The van der Waals surface area contributed by atoms with Gasteiger partial charge in [-0.25, -0.2) is 9.38 Å². The van der Waals surface area contributed by atoms with Gasteiger partial charge >= 0.3 is 0 Å². The highest BCUT2D eigenvalue weighted by atomic mass is 127. The van der Waals surface area contributed by atoms with Crippen molar-refractivity contribution >= 4 is 35.8 Å². The topological polar surface area (TPSA) is 65.5 Å². The molecule has 0 fully saturated rings. The number of guanidine groups is 1. The van der Waals surface area contributed by atoms with Crippen LogP contribution >= 0.6 is 24.0 Å². The second-order valence-corrected chi connectivity index (χ2v) is 7.74. The molecule has 1 aromatic rings. The van der Waals surface area contributed by atoms with E-state index in [1.54, 1.807) is 12.1 Å². The number of nitrogens with one attached hydrogen (secondary N) is 3. The average Bonchev–Trinajstić information content (AvgIpc) is 2.49. The lowest BCUT2D eigenvalue weighted by Crippen LogP contribution is -2.45. The Balaban J connectivity index is 0.00000625. The summed E-state index contributed by atoms with van der Waals surface area (Å²) in [6, 6.07) is 6.51. The summed E-state index contributed by atoms with van der Waals surface area (Å²) in [5, 5.41) is 9.27. The number of hydrogen-bond donors (Lipinski definition) is 3. The molecule has 0 aliphatic carbocycles. The Morgan fingerprint density at radius 3 is 2.15 bits per heavy atom. The molecule has 148 valence electrons. The number of carbonyl (C=O) groups is 1. The van der Waals surface area contributed by atoms with Gasteiger partial charge in [-0.1, -0.05) is 26.0 Å². The number of amides is 1. The molecule has 7 heteroatoms. The molecule has 0 radical (unpaired) electrons. The second-order valence-electron chi connectivity index (χ2n) is 7.74. The van der Waals surface area contributed by atoms with Gasteiger partial charge in [0.2, 0.25) is 5.91 Å². The molecule has 0 aliphatic rings. The fourth-order valence-electron chi connectivity index (χ4n) is 2.26. The van der Waals surface area contributed by atoms with Gasteiger partial charge in [-0.3, -0.25) is 4.79 Å². The maximum Gasteiger partial charge on any atom is 0.242 e. The van der Waals surface area contributed by atoms with Gasteiger partial charge in [0.1, 0.15) is 12.4 Å². The summed E-state index contributed by atoms with van der Waals surface area (Å²) in [5.74, 6) is 0.219. The van der Waals surface area contributed by atoms with Gasteiger partial charge in [-0.2, -0.15) is 0 Å². The minimum absolute atomic E-state index is 0. The smallest absolute Gasteiger partial charge is 0.242 e. The van der Waals surface area contributed by atoms with Crippen molar-refractivity contribution in [3.63, 3.8) is 0 Å². The quantitative estimate of drug-likeness (QED) is 0.334. The highest BCUT2D eigenvalue weighted by Crippen LogP contribution is 2.22. The molecule has 0 aromatic heterocycles. The molecule has 1 rings (SSSR count). The molecule has 5 nitrogen and oxygen atoms in total. The van der Waals surface area contributed by atoms with E-state index in [1.165, 1.54) is 12.1 Å². The van der Waals surface area contributed by atoms with Crippen LogP contribution in [0.25, 0.3) is 0 Å². The maximum absolute atomic E-state index is 13.1. The van der Waals surface area contributed by atoms with Gasteiger partial charge in [0.25, 0.3) is 0 Å². The Labute approximate surface area is 173 Å². The van der Waals surface area contributed by atoms with Crippen molar-refractivity contribution in [2.75, 3.05) is 19.6 Å². The Hall–Kier alpha value is -1.38. The van der Waals surface area contributed by atoms with Crippen molar-refractivity contribution in [1.29, 1.82) is 0 Å². The van der Waals surface area contributed by atoms with Crippen LogP contribution in [-0.4, -0.2) is 37.0 Å². The van der Waals surface area contributed by atoms with E-state index in [2.05, 4.69) is 34.8 Å². The number of aliphatic imine (C=N–C) groups is 1. The van der Waals surface area contributed by atoms with Crippen LogP contribution in [0.15, 0.2) is 29.3 Å². The van der Waals surface area contributed by atoms with Gasteiger partial charge in [0, 0.05) is 24.0 Å². The Kier molecular flexibility index (Phi) is 10.1. The number of halogens is 2. The Morgan fingerprint density at radius 2 is 1.65 bits per heavy atom. The number of carbonyl (C=O) groups excluding carboxylic acids is 1. The first-order chi connectivity index (χ1) is 11.5. The molecule has 0 atom stereocenters. The maximum atomic E-state index is 13.1. The molecule has 1 amide bonds. The number of nitrogens with zero attached hydrogens (tertiary/aromatic N) is 1. The normalized spacial score (nSPS) is 12.2. The largest absolute Gasteiger partial charge is 0.357 e. The van der Waals surface area contributed by atoms with Crippen molar-refractivity contribution < 1.29 is 9.18 Å². The fourth-order valence-corrected chi connectivity index (χ4v) is 2.26. The van der Waals surface area contributed by atoms with E-state index in [0.717, 1.165) is 5.56 Å². The highest BCUT2D eigenvalue weighted by Gasteiger charge is 2.21. The minimum Gasteiger partial charge on any atom is -0.357 e. The summed E-state index contributed by atoms with van der Waals surface area (Å²) in [6.07, 6.45) is 0. The molecular formula is C19H32FIN4O. The van der Waals surface area contributed by atoms with E-state index >= 15 is 0 Å². The molecule has 3 N–H and O–H groups in total. The van der Waals surface area contributed by atoms with Gasteiger partial charge < -0.3 is 16.0 Å². The highest BCUT2D eigenvalue weighted by molar-refractivity contribution is 14.0. The molecule has 0 aliphatic heterocycles. The summed E-state index contributed by atoms with van der Waals surface area (Å²) in [6.45, 7) is 13.3. The van der Waals surface area contributed by atoms with Crippen LogP contribution in [0.4, 0.5) is 4.39 Å². The average molecular weight is 478 g/mol. The first kappa shape index (κ1) is 24.6. The molecule has 26 heavy (non-hydrogen) atoms. The summed E-state index contributed by atoms with van der Waals surface area (Å²) in [4.78, 5) is 16.2. The fraction of sp³-hybridized carbons (Fsp3) is 0.579. The van der Waals surface area contributed by atoms with Gasteiger partial charge in [-0.15, -0.1) is 24.0 Å². The summed E-state index contributed by atoms with van der Waals surface area (Å²) in [7, 11) is 0. The first-order valence-corrected chi connectivity index (χ1v) is 8.63. The van der Waals surface area contributed by atoms with E-state index in [4.69, 9.17) is 0 Å². The molecule has 0 saturated carbocycles. The lowest BCUT2D eigenvalue weighted by molar-refractivity contribution is -0.121. The Bertz CT molecular complexity index is 595. The zero-order valence-electron chi connectivity index (χ0n) is 16.6. The van der Waals surface area contributed by atoms with Crippen LogP contribution < -0.4 is 16.0 Å². The van der Waals surface area contributed by atoms with Crippen LogP contribution in [0.5, 0.6) is 0 Å². The predicted octanol–water partition coefficient (Wildman–Crippen LogP) is 3.19. The minimum atomic E-state index is -0.275. The van der Waals surface area contributed by atoms with Gasteiger partial charge in [0.15, 0.2) is 5.96 Å². The molecule has 0 unspecified atom stereocenters. The van der Waals surface area contributed by atoms with Crippen molar-refractivity contribution in [1.82, 2.24) is 16.0 Å². The third-order valence-corrected chi connectivity index (χ3v) is 3.56. The van der Waals surface area contributed by atoms with Crippen molar-refractivity contribution in [2.24, 2.45) is 4.99 Å². The molecule has 0 saturated heterocycles. The summed E-state index contributed by atoms with van der Waals surface area (Å²) < 4.78 is 13.1. The van der Waals surface area contributed by atoms with Gasteiger partial charge in [0.05, 0.1) is 0 Å². The van der Waals surface area contributed by atoms with Crippen molar-refractivity contribution in [2.45, 2.75) is 52.5 Å². The third kappa shape index (κ3) is 9.35. The first-order valence-electron chi connectivity index (χ1n) is 8.63. The van der Waals surface area contributed by atoms with Crippen LogP contribution in [0, 0.1) is 5.82 Å². The SMILES string of the molecule is CCNC(=NCC(=O)NC(C)(C)C)NCC(C)(C)c1ccc(F)cc1.I. The van der Waals surface area contributed by atoms with Gasteiger partial charge in [-0.05, 0) is 45.4 Å². The molecule has 0 spiro atoms. The van der Waals surface area contributed by atoms with Crippen LogP contribution in [-0.2, 0) is 10.2 Å². The van der Waals surface area contributed by atoms with E-state index < -0.39 is 0 Å². The van der Waals surface area contributed by atoms with Crippen LogP contribution in [0.1, 0.15) is 47.1 Å². The lowest BCUT2D eigenvalue weighted by Gasteiger charge is -2.27. The third-order valence-electron chi connectivity index (χ3n) is 3.56. The zero-order chi connectivity index (χ0) is 19.1. The number of benzene rings is 1. The second kappa shape index (κ2) is 10.7. The standard InChI is InChI=1S/C19H31FN4O.HI/c1-7-21-17(22-12-16(25)24-18(2,3)4)23-13-19(5,6)14-8-10-15(20)11-9-14;/h8-11H,7,12-13H2,1-6H3,(H,24,25)(H2,21,22,23);1H. The monoisotopic (exact) mass is 478 g/mol. The summed E-state index contributed by atoms with van der Waals surface area (Å²) in [5.41, 5.74) is 0.545. The molecule has 0 bridgehead atoms. The van der Waals surface area contributed by atoms with E-state index in [-0.39, 0.29) is 53.2 Å². The molecule has 0 heterocycles. The molecule has 1 aromatic carbocycles. The number of hydrogen-bond acceptors (Lipinski definition) is 2. The van der Waals surface area contributed by atoms with Crippen molar-refractivity contribution in [3.8, 4) is 0 Å². The van der Waals surface area contributed by atoms with Crippen LogP contribution in [0.3, 0.4) is 0 Å². The van der Waals surface area contributed by atoms with Crippen LogP contribution in [0.2, 0.25) is 0 Å². The molecular weight excluding hydrogens is 446 g/mol. The Morgan fingerprint density at radius 1 is 1.08 bits per heavy atom. The lowest BCUT2D eigenvalue weighted by atomic mass is 9.84. The van der Waals surface area contributed by atoms with E-state index in [9.17, 15) is 9.18 Å². The van der Waals surface area contributed by atoms with Crippen molar-refractivity contribution in [3.05, 3.63) is 35.6 Å². The van der Waals surface area contributed by atoms with E-state index in [1.807, 2.05) is 27.7 Å². The van der Waals surface area contributed by atoms with E-state index in [0.29, 0.717) is 19.0 Å². The zero-order valence-corrected chi connectivity index (χ0v) is 18.9. The summed E-state index contributed by atoms with van der Waals surface area (Å²) >= 11 is 0. The number of rotatable bonds is 6.